The molecule has 2 amide bonds. The number of carbonyl (C=O) groups excluding carboxylic acids is 2. The smallest absolute Gasteiger partial charge is 0.245 e. The molecule has 106 valence electrons. The Kier molecular flexibility index (Phi) is 3.22. The molecule has 2 unspecified atom stereocenters. The number of hydrogen-bond donors (Lipinski definition) is 0. The van der Waals surface area contributed by atoms with E-state index in [0.717, 1.165) is 25.8 Å². The van der Waals surface area contributed by atoms with Gasteiger partial charge in [0.05, 0.1) is 19.7 Å². The predicted molar refractivity (Wildman–Crippen MR) is 66.5 cm³/mol. The summed E-state index contributed by atoms with van der Waals surface area (Å²) >= 11 is 0. The fourth-order valence-electron chi connectivity index (χ4n) is 3.29. The molecule has 3 heterocycles. The second kappa shape index (κ2) is 4.76. The summed E-state index contributed by atoms with van der Waals surface area (Å²) in [7, 11) is 1.65. The largest absolute Gasteiger partial charge is 0.378 e. The maximum Gasteiger partial charge on any atom is 0.245 e. The van der Waals surface area contributed by atoms with Gasteiger partial charge in [-0.2, -0.15) is 0 Å². The van der Waals surface area contributed by atoms with E-state index in [9.17, 15) is 9.59 Å². The molecule has 0 aliphatic carbocycles. The average Bonchev–Trinajstić information content (AvgIpc) is 3.05. The van der Waals surface area contributed by atoms with Crippen molar-refractivity contribution in [2.24, 2.45) is 0 Å². The molecule has 3 rings (SSSR count). The molecule has 0 saturated carbocycles. The van der Waals surface area contributed by atoms with Crippen LogP contribution in [0.25, 0.3) is 0 Å². The molecule has 0 bridgehead atoms. The Morgan fingerprint density at radius 1 is 1.47 bits per heavy atom. The fraction of sp³-hybridized carbons (Fsp3) is 0.846. The second-order valence-corrected chi connectivity index (χ2v) is 5.63. The van der Waals surface area contributed by atoms with Crippen molar-refractivity contribution >= 4 is 11.8 Å². The van der Waals surface area contributed by atoms with Crippen LogP contribution in [0.5, 0.6) is 0 Å². The summed E-state index contributed by atoms with van der Waals surface area (Å²) in [6, 6.07) is -0.238. The van der Waals surface area contributed by atoms with Gasteiger partial charge in [-0.05, 0) is 12.8 Å². The first-order valence-corrected chi connectivity index (χ1v) is 6.86. The molecule has 6 heteroatoms. The normalized spacial score (nSPS) is 35.1. The standard InChI is InChI=1S/C13H20N2O4/c1-18-13(4-6-19-9-13)8-14-7-11(16)15-5-2-3-10(15)12(14)17/h10H,2-9H2,1H3. The molecule has 0 aromatic carbocycles. The van der Waals surface area contributed by atoms with Gasteiger partial charge in [-0.15, -0.1) is 0 Å². The Hall–Kier alpha value is -1.14. The molecule has 0 aromatic rings. The van der Waals surface area contributed by atoms with Crippen molar-refractivity contribution in [2.45, 2.75) is 30.9 Å². The van der Waals surface area contributed by atoms with Gasteiger partial charge >= 0.3 is 0 Å². The van der Waals surface area contributed by atoms with Crippen molar-refractivity contribution in [3.05, 3.63) is 0 Å². The van der Waals surface area contributed by atoms with E-state index in [1.807, 2.05) is 0 Å². The third kappa shape index (κ3) is 2.12. The summed E-state index contributed by atoms with van der Waals surface area (Å²) in [5, 5.41) is 0. The third-order valence-corrected chi connectivity index (χ3v) is 4.48. The van der Waals surface area contributed by atoms with Gasteiger partial charge in [-0.1, -0.05) is 0 Å². The number of nitrogens with zero attached hydrogens (tertiary/aromatic N) is 2. The first kappa shape index (κ1) is 12.9. The lowest BCUT2D eigenvalue weighted by Crippen LogP contribution is -2.60. The van der Waals surface area contributed by atoms with Gasteiger partial charge in [0.15, 0.2) is 0 Å². The zero-order valence-electron chi connectivity index (χ0n) is 11.3. The van der Waals surface area contributed by atoms with Gasteiger partial charge in [-0.25, -0.2) is 0 Å². The first-order valence-electron chi connectivity index (χ1n) is 6.86. The molecule has 6 nitrogen and oxygen atoms in total. The summed E-state index contributed by atoms with van der Waals surface area (Å²) in [5.41, 5.74) is -0.434. The molecule has 19 heavy (non-hydrogen) atoms. The quantitative estimate of drug-likeness (QED) is 0.700. The van der Waals surface area contributed by atoms with Crippen LogP contribution in [0.15, 0.2) is 0 Å². The maximum atomic E-state index is 12.4. The van der Waals surface area contributed by atoms with Crippen molar-refractivity contribution < 1.29 is 19.1 Å². The van der Waals surface area contributed by atoms with E-state index in [2.05, 4.69) is 0 Å². The van der Waals surface area contributed by atoms with E-state index in [4.69, 9.17) is 9.47 Å². The van der Waals surface area contributed by atoms with E-state index in [-0.39, 0.29) is 24.4 Å². The van der Waals surface area contributed by atoms with Crippen molar-refractivity contribution in [1.82, 2.24) is 9.80 Å². The van der Waals surface area contributed by atoms with Crippen LogP contribution in [0.2, 0.25) is 0 Å². The minimum Gasteiger partial charge on any atom is -0.378 e. The number of amides is 2. The molecule has 0 radical (unpaired) electrons. The Morgan fingerprint density at radius 2 is 2.32 bits per heavy atom. The van der Waals surface area contributed by atoms with Crippen LogP contribution in [0, 0.1) is 0 Å². The number of piperazine rings is 1. The Balaban J connectivity index is 1.74. The molecule has 3 aliphatic rings. The van der Waals surface area contributed by atoms with Gasteiger partial charge in [0.2, 0.25) is 11.8 Å². The Bertz CT molecular complexity index is 392. The number of carbonyl (C=O) groups is 2. The van der Waals surface area contributed by atoms with E-state index in [1.54, 1.807) is 16.9 Å². The number of ether oxygens (including phenoxy) is 2. The monoisotopic (exact) mass is 268 g/mol. The Morgan fingerprint density at radius 3 is 3.00 bits per heavy atom. The van der Waals surface area contributed by atoms with Crippen LogP contribution in [0.1, 0.15) is 19.3 Å². The highest BCUT2D eigenvalue weighted by molar-refractivity contribution is 5.95. The Labute approximate surface area is 112 Å². The molecule has 3 fully saturated rings. The third-order valence-electron chi connectivity index (χ3n) is 4.48. The van der Waals surface area contributed by atoms with Crippen molar-refractivity contribution in [2.75, 3.05) is 40.0 Å². The molecule has 0 spiro atoms. The van der Waals surface area contributed by atoms with Crippen LogP contribution in [0.4, 0.5) is 0 Å². The van der Waals surface area contributed by atoms with Crippen LogP contribution in [-0.4, -0.2) is 73.2 Å². The SMILES string of the molecule is COC1(CN2CC(=O)N3CCCC3C2=O)CCOC1. The van der Waals surface area contributed by atoms with Gasteiger partial charge in [-0.3, -0.25) is 9.59 Å². The zero-order chi connectivity index (χ0) is 13.5. The van der Waals surface area contributed by atoms with E-state index < -0.39 is 5.60 Å². The predicted octanol–water partition coefficient (Wildman–Crippen LogP) is -0.375. The summed E-state index contributed by atoms with van der Waals surface area (Å²) < 4.78 is 10.9. The average molecular weight is 268 g/mol. The van der Waals surface area contributed by atoms with Gasteiger partial charge < -0.3 is 19.3 Å². The first-order chi connectivity index (χ1) is 9.15. The number of rotatable bonds is 3. The topological polar surface area (TPSA) is 59.1 Å². The van der Waals surface area contributed by atoms with Crippen LogP contribution in [-0.2, 0) is 19.1 Å². The maximum absolute atomic E-state index is 12.4. The summed E-state index contributed by atoms with van der Waals surface area (Å²) in [5.74, 6) is 0.132. The van der Waals surface area contributed by atoms with E-state index in [0.29, 0.717) is 19.8 Å². The fourth-order valence-corrected chi connectivity index (χ4v) is 3.29. The zero-order valence-corrected chi connectivity index (χ0v) is 11.3. The molecule has 2 atom stereocenters. The van der Waals surface area contributed by atoms with Gasteiger partial charge in [0.25, 0.3) is 0 Å². The highest BCUT2D eigenvalue weighted by Crippen LogP contribution is 2.28. The van der Waals surface area contributed by atoms with Crippen molar-refractivity contribution in [3.63, 3.8) is 0 Å². The summed E-state index contributed by atoms with van der Waals surface area (Å²) in [4.78, 5) is 27.9. The van der Waals surface area contributed by atoms with Crippen molar-refractivity contribution in [1.29, 1.82) is 0 Å². The second-order valence-electron chi connectivity index (χ2n) is 5.63. The van der Waals surface area contributed by atoms with Gasteiger partial charge in [0.1, 0.15) is 11.6 Å². The van der Waals surface area contributed by atoms with Crippen LogP contribution < -0.4 is 0 Å². The number of fused-ring (bicyclic) bond motifs is 1. The molecule has 3 saturated heterocycles. The number of methoxy groups -OCH3 is 1. The molecule has 0 N–H and O–H groups in total. The molecule has 3 aliphatic heterocycles. The molecular weight excluding hydrogens is 248 g/mol. The summed E-state index contributed by atoms with van der Waals surface area (Å²) in [6.07, 6.45) is 2.49. The van der Waals surface area contributed by atoms with E-state index in [1.165, 1.54) is 0 Å². The lowest BCUT2D eigenvalue weighted by Gasteiger charge is -2.40. The highest BCUT2D eigenvalue weighted by Gasteiger charge is 2.45. The summed E-state index contributed by atoms with van der Waals surface area (Å²) in [6.45, 7) is 2.51. The lowest BCUT2D eigenvalue weighted by molar-refractivity contribution is -0.157. The lowest BCUT2D eigenvalue weighted by atomic mass is 10.0. The van der Waals surface area contributed by atoms with Crippen LogP contribution in [0.3, 0.4) is 0 Å². The minimum absolute atomic E-state index is 0.0623. The van der Waals surface area contributed by atoms with Gasteiger partial charge in [0, 0.05) is 26.7 Å². The van der Waals surface area contributed by atoms with Crippen molar-refractivity contribution in [3.8, 4) is 0 Å². The minimum atomic E-state index is -0.434. The van der Waals surface area contributed by atoms with E-state index >= 15 is 0 Å². The number of hydrogen-bond acceptors (Lipinski definition) is 4. The molecule has 0 aromatic heterocycles. The highest BCUT2D eigenvalue weighted by atomic mass is 16.5. The molecular formula is C13H20N2O4. The van der Waals surface area contributed by atoms with Crippen LogP contribution >= 0.6 is 0 Å².